The lowest BCUT2D eigenvalue weighted by molar-refractivity contribution is -0.120. The van der Waals surface area contributed by atoms with Crippen molar-refractivity contribution in [2.75, 3.05) is 51.3 Å². The fourth-order valence-corrected chi connectivity index (χ4v) is 13.7. The van der Waals surface area contributed by atoms with Crippen molar-refractivity contribution in [3.63, 3.8) is 0 Å². The molecule has 0 saturated heterocycles. The molecule has 17 heteroatoms. The van der Waals surface area contributed by atoms with E-state index in [1.807, 2.05) is 0 Å². The number of unbranched alkanes of at least 4 members (excludes halogenated alkanes) is 1. The zero-order valence-electron chi connectivity index (χ0n) is 39.7. The van der Waals surface area contributed by atoms with E-state index in [1.54, 1.807) is 61.1 Å². The van der Waals surface area contributed by atoms with Gasteiger partial charge in [0, 0.05) is 99.4 Å². The van der Waals surface area contributed by atoms with E-state index in [0.29, 0.717) is 68.4 Å². The number of carbonyl (C=O) groups excluding carboxylic acids is 2. The van der Waals surface area contributed by atoms with Gasteiger partial charge in [0.05, 0.1) is 34.4 Å². The number of hydrogen-bond acceptors (Lipinski definition) is 10. The summed E-state index contributed by atoms with van der Waals surface area (Å²) in [6, 6.07) is 20.0. The van der Waals surface area contributed by atoms with Crippen LogP contribution in [0.1, 0.15) is 93.5 Å². The lowest BCUT2D eigenvalue weighted by Gasteiger charge is -2.39. The number of benzene rings is 5. The van der Waals surface area contributed by atoms with E-state index in [2.05, 4.69) is 31.6 Å². The molecule has 0 aliphatic carbocycles. The minimum atomic E-state index is -5.22. The van der Waals surface area contributed by atoms with E-state index in [1.165, 1.54) is 23.2 Å². The number of aryl methyl sites for hydroxylation is 2. The van der Waals surface area contributed by atoms with Crippen molar-refractivity contribution >= 4 is 65.7 Å². The first kappa shape index (κ1) is 47.3. The maximum Gasteiger partial charge on any atom is 0.262 e. The molecule has 5 aromatic carbocycles. The maximum atomic E-state index is 13.9. The Bertz CT molecular complexity index is 3600. The largest absolute Gasteiger partial charge is 0.744 e. The van der Waals surface area contributed by atoms with Crippen LogP contribution >= 0.6 is 11.6 Å². The van der Waals surface area contributed by atoms with Crippen LogP contribution < -0.4 is 39.6 Å². The summed E-state index contributed by atoms with van der Waals surface area (Å²) < 4.78 is 87.2. The normalized spacial score (nSPS) is 15.9. The average molecular weight is 1020 g/mol. The molecular weight excluding hydrogens is 962 g/mol. The first-order valence-electron chi connectivity index (χ1n) is 24.5. The van der Waals surface area contributed by atoms with Crippen molar-refractivity contribution in [3.05, 3.63) is 139 Å². The molecule has 0 radical (unpaired) electrons. The van der Waals surface area contributed by atoms with Crippen LogP contribution in [0.25, 0.3) is 16.5 Å². The number of methoxy groups -OCH3 is 1. The van der Waals surface area contributed by atoms with Gasteiger partial charge in [0.1, 0.15) is 40.5 Å². The Hall–Kier alpha value is -6.04. The molecule has 2 N–H and O–H groups in total. The number of anilines is 1. The third kappa shape index (κ3) is 8.50. The third-order valence-corrected chi connectivity index (χ3v) is 17.5. The molecule has 5 aliphatic rings. The lowest BCUT2D eigenvalue weighted by Crippen LogP contribution is -2.45. The molecular formula is C54H54ClN5O9S2. The number of aromatic nitrogens is 1. The number of nitrogens with zero attached hydrogens (tertiary/aromatic N) is 3. The van der Waals surface area contributed by atoms with Gasteiger partial charge in [0.25, 0.3) is 5.91 Å². The summed E-state index contributed by atoms with van der Waals surface area (Å²) in [5, 5.41) is 6.05. The highest BCUT2D eigenvalue weighted by Crippen LogP contribution is 2.49. The summed E-state index contributed by atoms with van der Waals surface area (Å²) in [5.41, 5.74) is 9.52. The van der Waals surface area contributed by atoms with Crippen LogP contribution in [0.3, 0.4) is 0 Å². The molecule has 0 bridgehead atoms. The Morgan fingerprint density at radius 3 is 2.32 bits per heavy atom. The van der Waals surface area contributed by atoms with E-state index in [-0.39, 0.29) is 41.8 Å². The Balaban J connectivity index is 0.839. The molecule has 71 heavy (non-hydrogen) atoms. The smallest absolute Gasteiger partial charge is 0.262 e. The summed E-state index contributed by atoms with van der Waals surface area (Å²) >= 11 is 6.08. The van der Waals surface area contributed by atoms with Crippen LogP contribution in [0.15, 0.2) is 82.6 Å². The molecule has 0 atom stereocenters. The van der Waals surface area contributed by atoms with Gasteiger partial charge in [-0.15, -0.1) is 0 Å². The molecule has 0 fully saturated rings. The van der Waals surface area contributed by atoms with Crippen LogP contribution in [0.2, 0.25) is 5.02 Å². The lowest BCUT2D eigenvalue weighted by atomic mass is 9.82. The van der Waals surface area contributed by atoms with E-state index in [4.69, 9.17) is 21.1 Å². The Morgan fingerprint density at radius 1 is 0.817 bits per heavy atom. The van der Waals surface area contributed by atoms with Gasteiger partial charge < -0.3 is 24.2 Å². The molecule has 6 aromatic rings. The minimum Gasteiger partial charge on any atom is -0.744 e. The molecule has 0 saturated carbocycles. The molecule has 0 unspecified atom stereocenters. The van der Waals surface area contributed by atoms with E-state index in [0.717, 1.165) is 117 Å². The monoisotopic (exact) mass is 1020 g/mol. The van der Waals surface area contributed by atoms with Gasteiger partial charge in [-0.25, -0.2) is 26.1 Å². The van der Waals surface area contributed by atoms with Crippen molar-refractivity contribution < 1.29 is 40.5 Å². The number of rotatable bonds is 13. The number of hydrogen-bond donors (Lipinski definition) is 2. The van der Waals surface area contributed by atoms with Gasteiger partial charge in [0.2, 0.25) is 21.3 Å². The second-order valence-corrected chi connectivity index (χ2v) is 22.7. The summed E-state index contributed by atoms with van der Waals surface area (Å²) in [5.74, 6) is 1.41. The topological polar surface area (TPSA) is 179 Å². The van der Waals surface area contributed by atoms with Crippen LogP contribution in [-0.2, 0) is 57.0 Å². The first-order valence-corrected chi connectivity index (χ1v) is 27.7. The van der Waals surface area contributed by atoms with Gasteiger partial charge >= 0.3 is 0 Å². The van der Waals surface area contributed by atoms with E-state index < -0.39 is 25.0 Å². The fourth-order valence-electron chi connectivity index (χ4n) is 11.7. The van der Waals surface area contributed by atoms with Crippen LogP contribution in [0.5, 0.6) is 17.2 Å². The van der Waals surface area contributed by atoms with E-state index in [9.17, 15) is 31.0 Å². The average Bonchev–Trinajstić information content (AvgIpc) is 3.63. The number of ether oxygens (including phenoxy) is 2. The number of halogens is 1. The minimum absolute atomic E-state index is 0.0100. The summed E-state index contributed by atoms with van der Waals surface area (Å²) in [6.45, 7) is 5.87. The Labute approximate surface area is 417 Å². The SMILES string of the molecule is COc1ccc2c(c1)c(CC(=O)NCCCCNS(=O)(=O)c1ccc(C3=c4cc5c6c(c4Oc4c3cc3c7c4CCCN7CCC3)CCC[N+]=6CCC5)c(S(=O)(=O)[O-])c1)c(C)n2C(=O)c1ccc(Cl)cc1. The molecule has 14 nitrogen and oxygen atoms in total. The second-order valence-electron chi connectivity index (χ2n) is 19.2. The van der Waals surface area contributed by atoms with Crippen molar-refractivity contribution in [1.82, 2.24) is 19.2 Å². The summed E-state index contributed by atoms with van der Waals surface area (Å²) in [7, 11) is -7.96. The standard InChI is InChI=1S/C54H54ClN5O9S2/c1-32-42(43-29-37(68-2)17-20-46(43)60(32)54(62)33-13-15-36(55)16-14-33)31-48(61)56-21-3-4-22-57-70(63,64)38-18-19-39(47(30-38)71(65,66)67)49-44-27-34-9-5-23-58-25-7-11-40(50(34)58)52(44)69-53-41-12-8-26-59-24-6-10-35(51(41)59)28-45(49)53/h13-20,27-30,57H,3-12,21-26,31H2,1-2H3,(H-,56,61,65,66,67). The first-order chi connectivity index (χ1) is 34.2. The van der Waals surface area contributed by atoms with Gasteiger partial charge in [-0.05, 0) is 136 Å². The zero-order chi connectivity index (χ0) is 49.3. The number of fused-ring (bicyclic) bond motifs is 5. The predicted octanol–water partition coefficient (Wildman–Crippen LogP) is 6.06. The van der Waals surface area contributed by atoms with Gasteiger partial charge in [-0.1, -0.05) is 17.7 Å². The van der Waals surface area contributed by atoms with Crippen molar-refractivity contribution in [1.29, 1.82) is 0 Å². The fraction of sp³-hybridized carbons (Fsp3) is 0.352. The second kappa shape index (κ2) is 18.5. The molecule has 1 amide bonds. The Morgan fingerprint density at radius 2 is 1.55 bits per heavy atom. The van der Waals surface area contributed by atoms with Crippen LogP contribution in [0.4, 0.5) is 5.69 Å². The van der Waals surface area contributed by atoms with E-state index >= 15 is 0 Å². The van der Waals surface area contributed by atoms with Gasteiger partial charge in [-0.2, -0.15) is 0 Å². The summed E-state index contributed by atoms with van der Waals surface area (Å²) in [6.07, 6.45) is 7.94. The van der Waals surface area contributed by atoms with Gasteiger partial charge in [-0.3, -0.25) is 14.2 Å². The third-order valence-electron chi connectivity index (χ3n) is 14.9. The molecule has 11 rings (SSSR count). The predicted molar refractivity (Wildman–Crippen MR) is 270 cm³/mol. The number of nitrogens with one attached hydrogen (secondary N) is 2. The van der Waals surface area contributed by atoms with Crippen molar-refractivity contribution in [3.8, 4) is 17.2 Å². The Kier molecular flexibility index (Phi) is 12.3. The van der Waals surface area contributed by atoms with Crippen molar-refractivity contribution in [2.45, 2.75) is 87.3 Å². The highest BCUT2D eigenvalue weighted by molar-refractivity contribution is 7.89. The number of carbonyl (C=O) groups is 2. The summed E-state index contributed by atoms with van der Waals surface area (Å²) in [4.78, 5) is 28.6. The highest BCUT2D eigenvalue weighted by atomic mass is 35.5. The van der Waals surface area contributed by atoms with Crippen LogP contribution in [0, 0.1) is 6.92 Å². The zero-order valence-corrected chi connectivity index (χ0v) is 42.0. The quantitative estimate of drug-likeness (QED) is 0.0785. The van der Waals surface area contributed by atoms with Gasteiger partial charge in [0.15, 0.2) is 0 Å². The van der Waals surface area contributed by atoms with Crippen molar-refractivity contribution in [2.24, 2.45) is 0 Å². The number of sulfonamides is 1. The van der Waals surface area contributed by atoms with Crippen LogP contribution in [-0.4, -0.2) is 84.1 Å². The molecule has 368 valence electrons. The molecule has 5 aliphatic heterocycles. The highest BCUT2D eigenvalue weighted by Gasteiger charge is 2.37. The molecule has 1 aromatic heterocycles. The molecule has 0 spiro atoms. The maximum absolute atomic E-state index is 13.9. The molecule has 6 heterocycles. The number of amides is 1.